The van der Waals surface area contributed by atoms with Crippen LogP contribution in [0.15, 0.2) is 29.1 Å². The topological polar surface area (TPSA) is 94.9 Å². The van der Waals surface area contributed by atoms with Crippen molar-refractivity contribution in [1.29, 1.82) is 0 Å². The average Bonchev–Trinajstić information content (AvgIpc) is 2.49. The molecule has 0 atom stereocenters. The molecule has 0 fully saturated rings. The molecule has 78 valence electrons. The van der Waals surface area contributed by atoms with Crippen LogP contribution in [0.2, 0.25) is 0 Å². The van der Waals surface area contributed by atoms with Crippen molar-refractivity contribution in [2.75, 3.05) is 5.73 Å². The van der Waals surface area contributed by atoms with Gasteiger partial charge in [0.1, 0.15) is 0 Å². The van der Waals surface area contributed by atoms with Gasteiger partial charge in [-0.3, -0.25) is 4.98 Å². The SMILES string of the molecule is Nc1ccc(Cc2[nH]c(=O)[nH]c2O)cc1. The zero-order valence-electron chi connectivity index (χ0n) is 7.95. The molecule has 0 aliphatic rings. The van der Waals surface area contributed by atoms with Gasteiger partial charge in [-0.2, -0.15) is 0 Å². The number of rotatable bonds is 2. The minimum Gasteiger partial charge on any atom is -0.493 e. The molecular weight excluding hydrogens is 194 g/mol. The number of H-pyrrole nitrogens is 2. The molecule has 1 aromatic heterocycles. The predicted molar refractivity (Wildman–Crippen MR) is 56.7 cm³/mol. The van der Waals surface area contributed by atoms with Crippen LogP contribution in [0.1, 0.15) is 11.3 Å². The van der Waals surface area contributed by atoms with Crippen LogP contribution in [0.4, 0.5) is 5.69 Å². The first-order valence-electron chi connectivity index (χ1n) is 4.49. The van der Waals surface area contributed by atoms with E-state index in [0.717, 1.165) is 5.56 Å². The van der Waals surface area contributed by atoms with Gasteiger partial charge in [0.15, 0.2) is 0 Å². The fourth-order valence-electron chi connectivity index (χ4n) is 1.38. The van der Waals surface area contributed by atoms with E-state index in [1.54, 1.807) is 12.1 Å². The second-order valence-electron chi connectivity index (χ2n) is 3.32. The molecule has 0 aliphatic carbocycles. The summed E-state index contributed by atoms with van der Waals surface area (Å²) in [5.74, 6) is -0.114. The fraction of sp³-hybridized carbons (Fsp3) is 0.100. The Labute approximate surface area is 85.6 Å². The number of aromatic amines is 2. The highest BCUT2D eigenvalue weighted by Crippen LogP contribution is 2.14. The Morgan fingerprint density at radius 3 is 2.40 bits per heavy atom. The Kier molecular flexibility index (Phi) is 2.21. The molecule has 2 aromatic rings. The third kappa shape index (κ3) is 2.01. The lowest BCUT2D eigenvalue weighted by molar-refractivity contribution is 0.450. The van der Waals surface area contributed by atoms with Crippen LogP contribution in [0.3, 0.4) is 0 Å². The smallest absolute Gasteiger partial charge is 0.325 e. The van der Waals surface area contributed by atoms with Crippen molar-refractivity contribution in [3.05, 3.63) is 46.0 Å². The number of anilines is 1. The van der Waals surface area contributed by atoms with Crippen molar-refractivity contribution in [2.45, 2.75) is 6.42 Å². The van der Waals surface area contributed by atoms with Crippen molar-refractivity contribution < 1.29 is 5.11 Å². The zero-order valence-corrected chi connectivity index (χ0v) is 7.95. The molecule has 5 N–H and O–H groups in total. The molecule has 5 nitrogen and oxygen atoms in total. The van der Waals surface area contributed by atoms with Gasteiger partial charge in [0.05, 0.1) is 5.69 Å². The van der Waals surface area contributed by atoms with E-state index in [0.29, 0.717) is 17.8 Å². The summed E-state index contributed by atoms with van der Waals surface area (Å²) >= 11 is 0. The highest BCUT2D eigenvalue weighted by atomic mass is 16.3. The molecular formula is C10H11N3O2. The van der Waals surface area contributed by atoms with E-state index < -0.39 is 5.69 Å². The van der Waals surface area contributed by atoms with E-state index in [1.165, 1.54) is 0 Å². The van der Waals surface area contributed by atoms with Gasteiger partial charge in [0.25, 0.3) is 0 Å². The summed E-state index contributed by atoms with van der Waals surface area (Å²) in [6, 6.07) is 7.24. The normalized spacial score (nSPS) is 10.4. The summed E-state index contributed by atoms with van der Waals surface area (Å²) < 4.78 is 0. The summed E-state index contributed by atoms with van der Waals surface area (Å²) in [7, 11) is 0. The highest BCUT2D eigenvalue weighted by molar-refractivity contribution is 5.40. The number of nitrogen functional groups attached to an aromatic ring is 1. The van der Waals surface area contributed by atoms with Gasteiger partial charge in [-0.05, 0) is 17.7 Å². The Hall–Kier alpha value is -2.17. The minimum atomic E-state index is -0.405. The molecule has 0 amide bonds. The van der Waals surface area contributed by atoms with Gasteiger partial charge in [-0.1, -0.05) is 12.1 Å². The van der Waals surface area contributed by atoms with Crippen LogP contribution in [-0.2, 0) is 6.42 Å². The Morgan fingerprint density at radius 1 is 1.20 bits per heavy atom. The number of hydrogen-bond donors (Lipinski definition) is 4. The van der Waals surface area contributed by atoms with E-state index in [-0.39, 0.29) is 5.88 Å². The molecule has 0 saturated heterocycles. The van der Waals surface area contributed by atoms with E-state index in [4.69, 9.17) is 5.73 Å². The summed E-state index contributed by atoms with van der Waals surface area (Å²) in [5.41, 5.74) is 7.27. The van der Waals surface area contributed by atoms with Crippen LogP contribution < -0.4 is 11.4 Å². The first-order chi connectivity index (χ1) is 7.15. The maximum Gasteiger partial charge on any atom is 0.325 e. The number of hydrogen-bond acceptors (Lipinski definition) is 3. The van der Waals surface area contributed by atoms with Crippen LogP contribution in [0.5, 0.6) is 5.88 Å². The average molecular weight is 205 g/mol. The number of nitrogens with two attached hydrogens (primary N) is 1. The summed E-state index contributed by atoms with van der Waals surface area (Å²) in [4.78, 5) is 15.6. The van der Waals surface area contributed by atoms with Crippen LogP contribution in [0, 0.1) is 0 Å². The Morgan fingerprint density at radius 2 is 1.87 bits per heavy atom. The number of imidazole rings is 1. The van der Waals surface area contributed by atoms with E-state index in [1.807, 2.05) is 12.1 Å². The van der Waals surface area contributed by atoms with E-state index in [9.17, 15) is 9.90 Å². The summed E-state index contributed by atoms with van der Waals surface area (Å²) in [6.45, 7) is 0. The van der Waals surface area contributed by atoms with Gasteiger partial charge >= 0.3 is 5.69 Å². The standard InChI is InChI=1S/C10H11N3O2/c11-7-3-1-6(2-4-7)5-8-9(14)13-10(15)12-8/h1-4,14H,5,11H2,(H2,12,13,15). The predicted octanol–water partition coefficient (Wildman–Crippen LogP) is 0.582. The fourth-order valence-corrected chi connectivity index (χ4v) is 1.38. The number of benzene rings is 1. The first kappa shape index (κ1) is 9.39. The second-order valence-corrected chi connectivity index (χ2v) is 3.32. The van der Waals surface area contributed by atoms with Crippen LogP contribution in [-0.4, -0.2) is 15.1 Å². The van der Waals surface area contributed by atoms with Crippen LogP contribution in [0.25, 0.3) is 0 Å². The van der Waals surface area contributed by atoms with Crippen LogP contribution >= 0.6 is 0 Å². The molecule has 1 heterocycles. The van der Waals surface area contributed by atoms with Crippen molar-refractivity contribution in [2.24, 2.45) is 0 Å². The number of nitrogens with one attached hydrogen (secondary N) is 2. The van der Waals surface area contributed by atoms with Crippen molar-refractivity contribution >= 4 is 5.69 Å². The molecule has 0 bridgehead atoms. The third-order valence-corrected chi connectivity index (χ3v) is 2.14. The lowest BCUT2D eigenvalue weighted by atomic mass is 10.1. The van der Waals surface area contributed by atoms with E-state index in [2.05, 4.69) is 9.97 Å². The lowest BCUT2D eigenvalue weighted by Gasteiger charge is -1.99. The molecule has 0 unspecified atom stereocenters. The van der Waals surface area contributed by atoms with E-state index >= 15 is 0 Å². The maximum absolute atomic E-state index is 10.9. The molecule has 0 aliphatic heterocycles. The van der Waals surface area contributed by atoms with Gasteiger partial charge in [-0.25, -0.2) is 4.79 Å². The molecule has 5 heteroatoms. The minimum absolute atomic E-state index is 0.114. The monoisotopic (exact) mass is 205 g/mol. The van der Waals surface area contributed by atoms with Crippen molar-refractivity contribution in [3.63, 3.8) is 0 Å². The Bertz CT molecular complexity index is 510. The largest absolute Gasteiger partial charge is 0.493 e. The highest BCUT2D eigenvalue weighted by Gasteiger charge is 2.05. The first-order valence-corrected chi connectivity index (χ1v) is 4.49. The second kappa shape index (κ2) is 3.53. The quantitative estimate of drug-likeness (QED) is 0.540. The number of aromatic hydroxyl groups is 1. The summed E-state index contributed by atoms with van der Waals surface area (Å²) in [5, 5.41) is 9.34. The Balaban J connectivity index is 2.25. The molecule has 15 heavy (non-hydrogen) atoms. The lowest BCUT2D eigenvalue weighted by Crippen LogP contribution is -2.01. The maximum atomic E-state index is 10.9. The molecule has 0 saturated carbocycles. The molecule has 0 radical (unpaired) electrons. The number of aromatic nitrogens is 2. The molecule has 0 spiro atoms. The van der Waals surface area contributed by atoms with Gasteiger partial charge in [0.2, 0.25) is 5.88 Å². The van der Waals surface area contributed by atoms with Gasteiger partial charge in [0, 0.05) is 12.1 Å². The molecule has 2 rings (SSSR count). The summed E-state index contributed by atoms with van der Waals surface area (Å²) in [6.07, 6.45) is 0.463. The van der Waals surface area contributed by atoms with Crippen molar-refractivity contribution in [3.8, 4) is 5.88 Å². The van der Waals surface area contributed by atoms with Gasteiger partial charge < -0.3 is 15.8 Å². The third-order valence-electron chi connectivity index (χ3n) is 2.14. The molecule has 1 aromatic carbocycles. The van der Waals surface area contributed by atoms with Crippen molar-refractivity contribution in [1.82, 2.24) is 9.97 Å². The zero-order chi connectivity index (χ0) is 10.8. The van der Waals surface area contributed by atoms with Gasteiger partial charge in [-0.15, -0.1) is 0 Å².